The third-order valence-electron chi connectivity index (χ3n) is 10.6. The van der Waals surface area contributed by atoms with Crippen LogP contribution in [0.1, 0.15) is 65.7 Å². The predicted octanol–water partition coefficient (Wildman–Crippen LogP) is -3.44. The van der Waals surface area contributed by atoms with E-state index in [0.29, 0.717) is 91.1 Å². The summed E-state index contributed by atoms with van der Waals surface area (Å²) in [7, 11) is -1.65. The van der Waals surface area contributed by atoms with Crippen LogP contribution in [0, 0.1) is 5.92 Å². The Labute approximate surface area is 341 Å². The molecule has 57 heavy (non-hydrogen) atoms. The summed E-state index contributed by atoms with van der Waals surface area (Å²) in [5.74, 6) is -4.07. The van der Waals surface area contributed by atoms with Crippen LogP contribution < -0.4 is 16.0 Å². The number of nitrogens with one attached hydrogen (secondary N) is 3. The van der Waals surface area contributed by atoms with Gasteiger partial charge in [0.05, 0.1) is 5.94 Å². The molecule has 2 unspecified atom stereocenters. The number of rotatable bonds is 15. The molecule has 318 valence electrons. The molecule has 0 aromatic rings. The van der Waals surface area contributed by atoms with Gasteiger partial charge in [0.25, 0.3) is 0 Å². The number of hydrogen-bond acceptors (Lipinski definition) is 16. The number of unbranched alkanes of at least 4 members (excludes halogenated alkanes) is 3. The second-order valence-corrected chi connectivity index (χ2v) is 18.2. The minimum absolute atomic E-state index is 0.00530. The molecule has 20 nitrogen and oxygen atoms in total. The fraction of sp³-hybridized carbons (Fsp3) is 0.800. The van der Waals surface area contributed by atoms with Crippen molar-refractivity contribution in [2.45, 2.75) is 83.7 Å². The molecular formula is C35H60BGaN8O12. The summed E-state index contributed by atoms with van der Waals surface area (Å²) in [6.07, 6.45) is 4.14. The van der Waals surface area contributed by atoms with Gasteiger partial charge in [-0.3, -0.25) is 14.4 Å². The van der Waals surface area contributed by atoms with Gasteiger partial charge in [-0.05, 0) is 32.1 Å². The molecular weight excluding hydrogens is 805 g/mol. The van der Waals surface area contributed by atoms with Crippen LogP contribution in [-0.2, 0) is 44.1 Å². The molecule has 0 spiro atoms. The van der Waals surface area contributed by atoms with E-state index in [1.807, 2.05) is 19.6 Å². The van der Waals surface area contributed by atoms with Crippen molar-refractivity contribution >= 4 is 66.0 Å². The first-order valence-electron chi connectivity index (χ1n) is 20.2. The van der Waals surface area contributed by atoms with Crippen molar-refractivity contribution < 1.29 is 54.2 Å². The minimum atomic E-state index is -3.93. The first-order valence-corrected chi connectivity index (χ1v) is 23.2. The van der Waals surface area contributed by atoms with Crippen molar-refractivity contribution in [3.05, 3.63) is 0 Å². The van der Waals surface area contributed by atoms with Gasteiger partial charge in [0, 0.05) is 13.0 Å². The zero-order valence-corrected chi connectivity index (χ0v) is 35.9. The molecule has 22 heteroatoms. The van der Waals surface area contributed by atoms with Gasteiger partial charge in [-0.2, -0.15) is 0 Å². The van der Waals surface area contributed by atoms with Gasteiger partial charge >= 0.3 is 194 Å². The second kappa shape index (κ2) is 23.4. The van der Waals surface area contributed by atoms with Gasteiger partial charge in [0.1, 0.15) is 12.1 Å². The molecule has 4 aliphatic rings. The molecule has 4 aliphatic heterocycles. The first kappa shape index (κ1) is 46.4. The molecule has 4 rings (SSSR count). The average molecular weight is 865 g/mol. The standard InChI is InChI=1S/C35H63BN8O12.Ga/c1-25(2)33(34(53)38-26(3)35(54)44-12-8-9-27(44)36(55)56)39-28(45)10-6-4-5-7-11-37-29(46)21-40-13-15-41(22-30(47)48)17-19-43(24-32(51)52)20-18-42(16-14-40)23-31(49)50;/h25-27,33,55-56H,4-24H2,1-3H3,(H,37,46)(H,38,53)(H,39,45)(H,47,48)(H,49,50)(H,51,52);/q;+3/p-3/t26-,27+,33+;/m1./s1. The summed E-state index contributed by atoms with van der Waals surface area (Å²) in [5.41, 5.74) is 0. The molecule has 5 atom stereocenters. The Bertz CT molecular complexity index is 1380. The Hall–Kier alpha value is -3.25. The molecule has 0 saturated carbocycles. The Morgan fingerprint density at radius 1 is 0.737 bits per heavy atom. The molecule has 4 amide bonds. The smallest absolute Gasteiger partial charge is 0.426 e. The average Bonchev–Trinajstić information content (AvgIpc) is 3.63. The molecule has 4 bridgehead atoms. The van der Waals surface area contributed by atoms with Gasteiger partial charge in [-0.25, -0.2) is 0 Å². The van der Waals surface area contributed by atoms with E-state index in [1.54, 1.807) is 20.8 Å². The number of likely N-dealkylation sites (tertiary alicyclic amines) is 1. The van der Waals surface area contributed by atoms with Crippen molar-refractivity contribution in [3.63, 3.8) is 0 Å². The van der Waals surface area contributed by atoms with Crippen LogP contribution in [0.15, 0.2) is 0 Å². The molecule has 4 fully saturated rings. The zero-order chi connectivity index (χ0) is 41.5. The van der Waals surface area contributed by atoms with Crippen molar-refractivity contribution in [1.82, 2.24) is 40.4 Å². The van der Waals surface area contributed by atoms with Gasteiger partial charge in [-0.15, -0.1) is 0 Å². The summed E-state index contributed by atoms with van der Waals surface area (Å²) < 4.78 is 16.1. The predicted molar refractivity (Wildman–Crippen MR) is 205 cm³/mol. The number of carbonyl (C=O) groups is 7. The SMILES string of the molecule is CC(C)[C@H](NC(=O)CCCCCCNC(=O)CN1CCN2CCN3CCN(CC1)CC(=O)[O][Ga]([O]C(=O)C2)[O]C(=O)C3)C(=O)N[C@H](C)C(=O)N1CCC[C@H]1B(O)O. The van der Waals surface area contributed by atoms with E-state index in [-0.39, 0.29) is 50.3 Å². The molecule has 0 aliphatic carbocycles. The van der Waals surface area contributed by atoms with Crippen molar-refractivity contribution in [2.24, 2.45) is 5.92 Å². The van der Waals surface area contributed by atoms with E-state index in [4.69, 9.17) is 10.6 Å². The molecule has 4 saturated heterocycles. The molecule has 0 aromatic heterocycles. The third-order valence-corrected chi connectivity index (χ3v) is 13.5. The van der Waals surface area contributed by atoms with Crippen molar-refractivity contribution in [2.75, 3.05) is 91.6 Å². The molecule has 0 radical (unpaired) electrons. The Balaban J connectivity index is 1.17. The summed E-state index contributed by atoms with van der Waals surface area (Å²) >= 11 is -3.93. The van der Waals surface area contributed by atoms with Crippen molar-refractivity contribution in [3.8, 4) is 0 Å². The fourth-order valence-corrected chi connectivity index (χ4v) is 9.41. The summed E-state index contributed by atoms with van der Waals surface area (Å²) in [5, 5.41) is 27.6. The Morgan fingerprint density at radius 2 is 1.26 bits per heavy atom. The number of fused-ring (bicyclic) bond motifs is 7. The summed E-state index contributed by atoms with van der Waals surface area (Å²) in [6, 6.07) is -1.74. The number of hydrogen-bond donors (Lipinski definition) is 5. The largest absolute Gasteiger partial charge is 0.475 e. The monoisotopic (exact) mass is 864 g/mol. The summed E-state index contributed by atoms with van der Waals surface area (Å²) in [4.78, 5) is 99.0. The molecule has 4 heterocycles. The number of nitrogens with zero attached hydrogens (tertiary/aromatic N) is 5. The van der Waals surface area contributed by atoms with E-state index in [2.05, 4.69) is 16.0 Å². The van der Waals surface area contributed by atoms with Crippen LogP contribution >= 0.6 is 0 Å². The van der Waals surface area contributed by atoms with Crippen LogP contribution in [0.25, 0.3) is 0 Å². The topological polar surface area (TPSA) is 240 Å². The zero-order valence-electron chi connectivity index (χ0n) is 33.5. The second-order valence-electron chi connectivity index (χ2n) is 15.6. The van der Waals surface area contributed by atoms with Crippen LogP contribution in [0.4, 0.5) is 0 Å². The third kappa shape index (κ3) is 15.8. The molecule has 0 aromatic carbocycles. The number of carbonyl (C=O) groups excluding carboxylic acids is 7. The quantitative estimate of drug-likeness (QED) is 0.0796. The van der Waals surface area contributed by atoms with Crippen molar-refractivity contribution in [1.29, 1.82) is 0 Å². The maximum Gasteiger partial charge on any atom is 0.475 e. The van der Waals surface area contributed by atoms with E-state index < -0.39 is 72.2 Å². The van der Waals surface area contributed by atoms with Gasteiger partial charge < -0.3 is 25.6 Å². The van der Waals surface area contributed by atoms with Crippen LogP contribution in [0.5, 0.6) is 0 Å². The van der Waals surface area contributed by atoms with Crippen LogP contribution in [-0.4, -0.2) is 210 Å². The maximum atomic E-state index is 13.1. The van der Waals surface area contributed by atoms with E-state index in [9.17, 15) is 43.6 Å². The maximum absolute atomic E-state index is 13.1. The van der Waals surface area contributed by atoms with Gasteiger partial charge in [0.2, 0.25) is 17.7 Å². The normalized spacial score (nSPS) is 24.8. The summed E-state index contributed by atoms with van der Waals surface area (Å²) in [6.45, 7) is 9.93. The van der Waals surface area contributed by atoms with E-state index >= 15 is 0 Å². The van der Waals surface area contributed by atoms with E-state index in [1.165, 1.54) is 4.90 Å². The first-order chi connectivity index (χ1) is 27.2. The minimum Gasteiger partial charge on any atom is -0.426 e. The Morgan fingerprint density at radius 3 is 1.79 bits per heavy atom. The van der Waals surface area contributed by atoms with Crippen LogP contribution in [0.2, 0.25) is 0 Å². The van der Waals surface area contributed by atoms with Gasteiger partial charge in [0.15, 0.2) is 0 Å². The van der Waals surface area contributed by atoms with E-state index in [0.717, 1.165) is 12.8 Å². The Kier molecular flexibility index (Phi) is 19.0. The fourth-order valence-electron chi connectivity index (χ4n) is 7.29. The van der Waals surface area contributed by atoms with Crippen LogP contribution in [0.3, 0.4) is 0 Å². The molecule has 5 N–H and O–H groups in total. The van der Waals surface area contributed by atoms with Gasteiger partial charge in [-0.1, -0.05) is 26.7 Å². The number of amides is 4.